The highest BCUT2D eigenvalue weighted by molar-refractivity contribution is 6.75. The fourth-order valence-corrected chi connectivity index (χ4v) is 8.54. The van der Waals surface area contributed by atoms with Crippen LogP contribution in [-0.4, -0.2) is 64.3 Å². The number of rotatable bonds is 11. The van der Waals surface area contributed by atoms with Gasteiger partial charge in [0.1, 0.15) is 24.1 Å². The van der Waals surface area contributed by atoms with Gasteiger partial charge in [-0.15, -0.1) is 0 Å². The van der Waals surface area contributed by atoms with Crippen LogP contribution in [0.1, 0.15) is 83.1 Å². The molecule has 0 N–H and O–H groups in total. The van der Waals surface area contributed by atoms with Gasteiger partial charge < -0.3 is 22.4 Å². The topological polar surface area (TPSA) is 46.2 Å². The van der Waals surface area contributed by atoms with E-state index in [2.05, 4.69) is 142 Å². The molecule has 0 saturated carbocycles. The lowest BCUT2D eigenvalue weighted by atomic mass is 10.1. The van der Waals surface area contributed by atoms with Crippen molar-refractivity contribution in [3.8, 4) is 0 Å². The molecule has 9 heteroatoms. The van der Waals surface area contributed by atoms with Gasteiger partial charge >= 0.3 is 0 Å². The van der Waals surface area contributed by atoms with Gasteiger partial charge in [-0.05, 0) is 78.6 Å². The predicted molar refractivity (Wildman–Crippen MR) is 193 cm³/mol. The van der Waals surface area contributed by atoms with Crippen molar-refractivity contribution in [3.05, 3.63) is 24.5 Å². The molecule has 0 aromatic heterocycles. The fraction of sp³-hybridized carbons (Fsp3) is 0.879. The van der Waals surface area contributed by atoms with E-state index in [0.29, 0.717) is 6.61 Å². The second kappa shape index (κ2) is 13.0. The van der Waals surface area contributed by atoms with E-state index in [1.54, 1.807) is 6.08 Å². The summed E-state index contributed by atoms with van der Waals surface area (Å²) in [6, 6.07) is 0. The van der Waals surface area contributed by atoms with Crippen LogP contribution in [0.5, 0.6) is 0 Å². The number of allylic oxidation sites excluding steroid dienone is 2. The smallest absolute Gasteiger partial charge is 0.193 e. The van der Waals surface area contributed by atoms with Gasteiger partial charge in [0.25, 0.3) is 0 Å². The summed E-state index contributed by atoms with van der Waals surface area (Å²) in [6.45, 7) is 50.4. The Labute approximate surface area is 266 Å². The third kappa shape index (κ3) is 9.50. The summed E-state index contributed by atoms with van der Waals surface area (Å²) in [6.07, 6.45) is 2.47. The third-order valence-electron chi connectivity index (χ3n) is 11.0. The number of hydrogen-bond donors (Lipinski definition) is 0. The van der Waals surface area contributed by atoms with Crippen molar-refractivity contribution in [2.75, 3.05) is 6.61 Å². The lowest BCUT2D eigenvalue weighted by Crippen LogP contribution is -2.57. The van der Waals surface area contributed by atoms with E-state index in [1.165, 1.54) is 0 Å². The highest BCUT2D eigenvalue weighted by atomic mass is 28.4. The summed E-state index contributed by atoms with van der Waals surface area (Å²) >= 11 is 0. The van der Waals surface area contributed by atoms with Gasteiger partial charge in [-0.2, -0.15) is 0 Å². The highest BCUT2D eigenvalue weighted by Gasteiger charge is 2.56. The number of hydrogen-bond acceptors (Lipinski definition) is 5. The molecule has 1 aliphatic rings. The maximum atomic E-state index is 7.33. The van der Waals surface area contributed by atoms with Crippen LogP contribution in [0.25, 0.3) is 0 Å². The monoisotopic (exact) mass is 658 g/mol. The third-order valence-corrected chi connectivity index (χ3v) is 28.9. The van der Waals surface area contributed by atoms with Crippen molar-refractivity contribution < 1.29 is 22.4 Å². The van der Waals surface area contributed by atoms with E-state index in [-0.39, 0.29) is 44.6 Å². The molecule has 0 unspecified atom stereocenters. The van der Waals surface area contributed by atoms with Crippen molar-refractivity contribution in [3.63, 3.8) is 0 Å². The molecular weight excluding hydrogens is 589 g/mol. The zero-order valence-corrected chi connectivity index (χ0v) is 35.4. The van der Waals surface area contributed by atoms with Crippen LogP contribution in [0.3, 0.4) is 0 Å². The first-order valence-corrected chi connectivity index (χ1v) is 27.6. The summed E-state index contributed by atoms with van der Waals surface area (Å²) in [7, 11) is -8.69. The molecule has 0 bridgehead atoms. The van der Waals surface area contributed by atoms with E-state index in [0.717, 1.165) is 5.76 Å². The summed E-state index contributed by atoms with van der Waals surface area (Å²) in [5.41, 5.74) is 0. The lowest BCUT2D eigenvalue weighted by molar-refractivity contribution is -0.0494. The largest absolute Gasteiger partial charge is 0.486 e. The zero-order chi connectivity index (χ0) is 33.5. The van der Waals surface area contributed by atoms with Crippen LogP contribution in [-0.2, 0) is 22.4 Å². The van der Waals surface area contributed by atoms with Crippen LogP contribution >= 0.6 is 0 Å². The number of ether oxygens (including phenoxy) is 1. The summed E-state index contributed by atoms with van der Waals surface area (Å²) in [4.78, 5) is 0. The summed E-state index contributed by atoms with van der Waals surface area (Å²) < 4.78 is 35.6. The van der Waals surface area contributed by atoms with Crippen molar-refractivity contribution >= 4 is 33.3 Å². The van der Waals surface area contributed by atoms with Crippen LogP contribution in [0.2, 0.25) is 72.5 Å². The molecule has 1 fully saturated rings. The molecule has 0 spiro atoms. The van der Waals surface area contributed by atoms with Gasteiger partial charge in [0.15, 0.2) is 39.4 Å². The molecule has 1 aliphatic heterocycles. The second-order valence-electron chi connectivity index (χ2n) is 18.5. The average Bonchev–Trinajstić information content (AvgIpc) is 3.04. The SMILES string of the molecule is C=C/C=C1\O[C@H]([C@@H](CO[Si](C)(C)C(C)(C)C)O[Si](C)(C)C(C)(C)C)[C@H](O[Si](C)(C)C(C)(C)C)[C@H]1O[Si](C)(C)C(C)(C)C. The summed E-state index contributed by atoms with van der Waals surface area (Å²) in [5, 5.41) is 0.184. The van der Waals surface area contributed by atoms with E-state index in [4.69, 9.17) is 22.4 Å². The molecular formula is C33H70O5Si4. The van der Waals surface area contributed by atoms with Crippen molar-refractivity contribution in [1.29, 1.82) is 0 Å². The minimum Gasteiger partial charge on any atom is -0.486 e. The molecule has 5 nitrogen and oxygen atoms in total. The minimum atomic E-state index is -2.23. The Kier molecular flexibility index (Phi) is 12.4. The Balaban J connectivity index is 3.85. The first-order valence-electron chi connectivity index (χ1n) is 16.0. The minimum absolute atomic E-state index is 0.0252. The first-order chi connectivity index (χ1) is 18.3. The second-order valence-corrected chi connectivity index (χ2v) is 37.6. The van der Waals surface area contributed by atoms with Gasteiger partial charge in [0.2, 0.25) is 0 Å². The van der Waals surface area contributed by atoms with Crippen molar-refractivity contribution in [2.24, 2.45) is 0 Å². The van der Waals surface area contributed by atoms with Gasteiger partial charge in [-0.1, -0.05) is 95.7 Å². The van der Waals surface area contributed by atoms with Gasteiger partial charge in [0, 0.05) is 0 Å². The molecule has 0 aromatic carbocycles. The van der Waals surface area contributed by atoms with Crippen molar-refractivity contribution in [2.45, 2.75) is 180 Å². The molecule has 1 rings (SSSR count). The quantitative estimate of drug-likeness (QED) is 0.207. The van der Waals surface area contributed by atoms with Crippen LogP contribution < -0.4 is 0 Å². The van der Waals surface area contributed by atoms with Crippen LogP contribution in [0, 0.1) is 0 Å². The van der Waals surface area contributed by atoms with Crippen LogP contribution in [0.15, 0.2) is 24.5 Å². The molecule has 42 heavy (non-hydrogen) atoms. The lowest BCUT2D eigenvalue weighted by Gasteiger charge is -2.46. The highest BCUT2D eigenvalue weighted by Crippen LogP contribution is 2.47. The van der Waals surface area contributed by atoms with E-state index < -0.39 is 33.3 Å². The molecule has 0 radical (unpaired) electrons. The standard InChI is InChI=1S/C33H70O5Si4/c1-22-23-25-28(37-41(18,19)32(8,9)10)29(38-42(20,21)33(11,12)13)27(35-25)26(36-40(16,17)31(5,6)7)24-34-39(14,15)30(2,3)4/h22-23,26-29H,1,24H2,2-21H3/b25-23-/t26-,27-,28+,29+/m1/s1. The summed E-state index contributed by atoms with van der Waals surface area (Å²) in [5.74, 6) is 0.791. The molecule has 4 atom stereocenters. The molecule has 0 aromatic rings. The van der Waals surface area contributed by atoms with Gasteiger partial charge in [-0.25, -0.2) is 0 Å². The fourth-order valence-electron chi connectivity index (χ4n) is 3.69. The van der Waals surface area contributed by atoms with E-state index in [1.807, 2.05) is 6.08 Å². The van der Waals surface area contributed by atoms with Crippen LogP contribution in [0.4, 0.5) is 0 Å². The van der Waals surface area contributed by atoms with Crippen molar-refractivity contribution in [1.82, 2.24) is 0 Å². The maximum Gasteiger partial charge on any atom is 0.193 e. The Bertz CT molecular complexity index is 943. The predicted octanol–water partition coefficient (Wildman–Crippen LogP) is 10.6. The average molecular weight is 659 g/mol. The maximum absolute atomic E-state index is 7.33. The molecule has 248 valence electrons. The molecule has 0 aliphatic carbocycles. The molecule has 0 amide bonds. The Morgan fingerprint density at radius 2 is 1.07 bits per heavy atom. The molecule has 1 heterocycles. The van der Waals surface area contributed by atoms with Gasteiger partial charge in [-0.3, -0.25) is 0 Å². The van der Waals surface area contributed by atoms with E-state index in [9.17, 15) is 0 Å². The normalized spacial score (nSPS) is 23.7. The Morgan fingerprint density at radius 3 is 1.45 bits per heavy atom. The molecule has 1 saturated heterocycles. The first kappa shape index (κ1) is 40.0. The Morgan fingerprint density at radius 1 is 0.667 bits per heavy atom. The zero-order valence-electron chi connectivity index (χ0n) is 31.4. The Hall–Kier alpha value is -0.0125. The van der Waals surface area contributed by atoms with E-state index >= 15 is 0 Å². The van der Waals surface area contributed by atoms with Gasteiger partial charge in [0.05, 0.1) is 6.61 Å².